The molecule has 1 amide bonds. The molecule has 2 rings (SSSR count). The Morgan fingerprint density at radius 2 is 2.20 bits per heavy atom. The fourth-order valence-electron chi connectivity index (χ4n) is 2.02. The number of hydrogen-bond donors (Lipinski definition) is 2. The molecule has 1 aliphatic heterocycles. The number of rotatable bonds is 6. The van der Waals surface area contributed by atoms with Crippen LogP contribution in [0.15, 0.2) is 24.3 Å². The van der Waals surface area contributed by atoms with E-state index in [4.69, 9.17) is 9.47 Å². The Balaban J connectivity index is 1.71. The molecule has 1 aromatic rings. The third kappa shape index (κ3) is 4.21. The van der Waals surface area contributed by atoms with E-state index in [1.807, 2.05) is 24.3 Å². The first-order valence-electron chi connectivity index (χ1n) is 6.90. The summed E-state index contributed by atoms with van der Waals surface area (Å²) in [6.07, 6.45) is 1.52. The predicted molar refractivity (Wildman–Crippen MR) is 74.7 cm³/mol. The first kappa shape index (κ1) is 14.8. The lowest BCUT2D eigenvalue weighted by Crippen LogP contribution is -2.44. The van der Waals surface area contributed by atoms with Crippen LogP contribution in [-0.4, -0.2) is 43.0 Å². The highest BCUT2D eigenvalue weighted by Crippen LogP contribution is 2.17. The molecular weight excluding hydrogens is 258 g/mol. The number of hydrogen-bond acceptors (Lipinski definition) is 4. The summed E-state index contributed by atoms with van der Waals surface area (Å²) in [5.41, 5.74) is 0.295. The number of carbonyl (C=O) groups is 1. The minimum atomic E-state index is -0.932. The maximum atomic E-state index is 11.7. The van der Waals surface area contributed by atoms with E-state index in [1.165, 1.54) is 5.56 Å². The Bertz CT molecular complexity index is 438. The fourth-order valence-corrected chi connectivity index (χ4v) is 2.02. The fraction of sp³-hybridized carbons (Fsp3) is 0.533. The van der Waals surface area contributed by atoms with Crippen LogP contribution in [-0.2, 0) is 16.0 Å². The molecule has 1 unspecified atom stereocenters. The van der Waals surface area contributed by atoms with Crippen molar-refractivity contribution in [3.8, 4) is 5.75 Å². The van der Waals surface area contributed by atoms with Crippen molar-refractivity contribution in [3.05, 3.63) is 29.8 Å². The summed E-state index contributed by atoms with van der Waals surface area (Å²) in [6.45, 7) is 3.03. The SMILES string of the molecule is CCc1ccc(OCC(=O)NCC2(O)CCOC2)cc1. The number of benzene rings is 1. The number of ether oxygens (including phenoxy) is 2. The van der Waals surface area contributed by atoms with Gasteiger partial charge in [0.1, 0.15) is 11.4 Å². The van der Waals surface area contributed by atoms with Crippen LogP contribution in [0.1, 0.15) is 18.9 Å². The molecule has 2 N–H and O–H groups in total. The lowest BCUT2D eigenvalue weighted by atomic mass is 10.0. The first-order valence-corrected chi connectivity index (χ1v) is 6.90. The molecule has 0 aromatic heterocycles. The van der Waals surface area contributed by atoms with Gasteiger partial charge in [-0.15, -0.1) is 0 Å². The van der Waals surface area contributed by atoms with Gasteiger partial charge in [0.15, 0.2) is 6.61 Å². The van der Waals surface area contributed by atoms with E-state index < -0.39 is 5.60 Å². The molecule has 1 aromatic carbocycles. The third-order valence-electron chi connectivity index (χ3n) is 3.40. The average molecular weight is 279 g/mol. The summed E-state index contributed by atoms with van der Waals surface area (Å²) in [7, 11) is 0. The van der Waals surface area contributed by atoms with Crippen LogP contribution >= 0.6 is 0 Å². The zero-order valence-electron chi connectivity index (χ0n) is 11.7. The molecule has 1 fully saturated rings. The van der Waals surface area contributed by atoms with Crippen molar-refractivity contribution in [2.45, 2.75) is 25.4 Å². The van der Waals surface area contributed by atoms with Crippen LogP contribution in [0.3, 0.4) is 0 Å². The molecule has 1 aliphatic rings. The van der Waals surface area contributed by atoms with Crippen molar-refractivity contribution in [2.75, 3.05) is 26.4 Å². The van der Waals surface area contributed by atoms with Gasteiger partial charge in [-0.2, -0.15) is 0 Å². The van der Waals surface area contributed by atoms with Gasteiger partial charge >= 0.3 is 0 Å². The summed E-state index contributed by atoms with van der Waals surface area (Å²) in [5.74, 6) is 0.421. The highest BCUT2D eigenvalue weighted by Gasteiger charge is 2.32. The van der Waals surface area contributed by atoms with Crippen molar-refractivity contribution >= 4 is 5.91 Å². The van der Waals surface area contributed by atoms with Crippen molar-refractivity contribution in [3.63, 3.8) is 0 Å². The van der Waals surface area contributed by atoms with Gasteiger partial charge in [-0.1, -0.05) is 19.1 Å². The Morgan fingerprint density at radius 3 is 2.80 bits per heavy atom. The molecule has 0 spiro atoms. The van der Waals surface area contributed by atoms with Gasteiger partial charge in [-0.25, -0.2) is 0 Å². The Labute approximate surface area is 118 Å². The van der Waals surface area contributed by atoms with E-state index in [-0.39, 0.29) is 25.7 Å². The first-order chi connectivity index (χ1) is 9.61. The Morgan fingerprint density at radius 1 is 1.45 bits per heavy atom. The lowest BCUT2D eigenvalue weighted by Gasteiger charge is -2.20. The Kier molecular flexibility index (Phi) is 4.98. The van der Waals surface area contributed by atoms with E-state index in [0.29, 0.717) is 18.8 Å². The van der Waals surface area contributed by atoms with Gasteiger partial charge < -0.3 is 19.9 Å². The molecule has 1 heterocycles. The molecule has 110 valence electrons. The monoisotopic (exact) mass is 279 g/mol. The van der Waals surface area contributed by atoms with E-state index in [9.17, 15) is 9.90 Å². The summed E-state index contributed by atoms with van der Waals surface area (Å²) < 4.78 is 10.5. The molecule has 1 atom stereocenters. The molecule has 0 saturated carbocycles. The molecular formula is C15H21NO4. The number of amides is 1. The van der Waals surface area contributed by atoms with Crippen molar-refractivity contribution in [2.24, 2.45) is 0 Å². The van der Waals surface area contributed by atoms with Crippen LogP contribution in [0, 0.1) is 0 Å². The summed E-state index contributed by atoms with van der Waals surface area (Å²) in [4.78, 5) is 11.7. The van der Waals surface area contributed by atoms with Gasteiger partial charge in [0, 0.05) is 19.6 Å². The molecule has 5 nitrogen and oxygen atoms in total. The van der Waals surface area contributed by atoms with E-state index in [0.717, 1.165) is 6.42 Å². The van der Waals surface area contributed by atoms with E-state index in [1.54, 1.807) is 0 Å². The lowest BCUT2D eigenvalue weighted by molar-refractivity contribution is -0.124. The second-order valence-electron chi connectivity index (χ2n) is 5.09. The molecule has 20 heavy (non-hydrogen) atoms. The number of aryl methyl sites for hydroxylation is 1. The van der Waals surface area contributed by atoms with Crippen molar-refractivity contribution in [1.82, 2.24) is 5.32 Å². The molecule has 0 aliphatic carbocycles. The van der Waals surface area contributed by atoms with Crippen LogP contribution in [0.25, 0.3) is 0 Å². The van der Waals surface area contributed by atoms with Crippen LogP contribution in [0.4, 0.5) is 0 Å². The molecule has 1 saturated heterocycles. The van der Waals surface area contributed by atoms with Crippen molar-refractivity contribution in [1.29, 1.82) is 0 Å². The third-order valence-corrected chi connectivity index (χ3v) is 3.40. The van der Waals surface area contributed by atoms with Crippen molar-refractivity contribution < 1.29 is 19.4 Å². The number of carbonyl (C=O) groups excluding carboxylic acids is 1. The van der Waals surface area contributed by atoms with E-state index >= 15 is 0 Å². The molecule has 0 radical (unpaired) electrons. The average Bonchev–Trinajstić information content (AvgIpc) is 2.91. The van der Waals surface area contributed by atoms with Gasteiger partial charge in [-0.05, 0) is 24.1 Å². The van der Waals surface area contributed by atoms with Gasteiger partial charge in [-0.3, -0.25) is 4.79 Å². The summed E-state index contributed by atoms with van der Waals surface area (Å²) in [5, 5.41) is 12.7. The maximum absolute atomic E-state index is 11.7. The smallest absolute Gasteiger partial charge is 0.258 e. The van der Waals surface area contributed by atoms with Crippen LogP contribution in [0.2, 0.25) is 0 Å². The standard InChI is InChI=1S/C15H21NO4/c1-2-12-3-5-13(6-4-12)20-9-14(17)16-10-15(18)7-8-19-11-15/h3-6,18H,2,7-11H2,1H3,(H,16,17). The second kappa shape index (κ2) is 6.72. The number of nitrogens with one attached hydrogen (secondary N) is 1. The minimum Gasteiger partial charge on any atom is -0.484 e. The zero-order valence-corrected chi connectivity index (χ0v) is 11.7. The second-order valence-corrected chi connectivity index (χ2v) is 5.09. The Hall–Kier alpha value is -1.59. The largest absolute Gasteiger partial charge is 0.484 e. The van der Waals surface area contributed by atoms with Crippen LogP contribution < -0.4 is 10.1 Å². The summed E-state index contributed by atoms with van der Waals surface area (Å²) >= 11 is 0. The van der Waals surface area contributed by atoms with E-state index in [2.05, 4.69) is 12.2 Å². The highest BCUT2D eigenvalue weighted by molar-refractivity contribution is 5.77. The predicted octanol–water partition coefficient (Wildman–Crippen LogP) is 0.895. The highest BCUT2D eigenvalue weighted by atomic mass is 16.5. The molecule has 0 bridgehead atoms. The number of aliphatic hydroxyl groups is 1. The van der Waals surface area contributed by atoms with Crippen LogP contribution in [0.5, 0.6) is 5.75 Å². The summed E-state index contributed by atoms with van der Waals surface area (Å²) in [6, 6.07) is 7.66. The molecule has 5 heteroatoms. The zero-order chi connectivity index (χ0) is 14.4. The maximum Gasteiger partial charge on any atom is 0.258 e. The quantitative estimate of drug-likeness (QED) is 0.811. The normalized spacial score (nSPS) is 21.7. The topological polar surface area (TPSA) is 67.8 Å². The van der Waals surface area contributed by atoms with Gasteiger partial charge in [0.2, 0.25) is 0 Å². The van der Waals surface area contributed by atoms with Gasteiger partial charge in [0.25, 0.3) is 5.91 Å². The van der Waals surface area contributed by atoms with Gasteiger partial charge in [0.05, 0.1) is 6.61 Å². The minimum absolute atomic E-state index is 0.0532.